The zero-order chi connectivity index (χ0) is 11.5. The highest BCUT2D eigenvalue weighted by molar-refractivity contribution is 5.27. The molecular weight excluding hydrogens is 204 g/mol. The molecule has 2 atom stereocenters. The Bertz CT molecular complexity index is 324. The van der Waals surface area contributed by atoms with E-state index in [2.05, 4.69) is 13.8 Å². The van der Waals surface area contributed by atoms with E-state index in [1.807, 2.05) is 24.3 Å². The van der Waals surface area contributed by atoms with Crippen LogP contribution in [0.5, 0.6) is 5.75 Å². The largest absolute Gasteiger partial charge is 0.497 e. The van der Waals surface area contributed by atoms with Crippen molar-refractivity contribution >= 4 is 0 Å². The Kier molecular flexibility index (Phi) is 3.46. The molecule has 1 aromatic carbocycles. The minimum Gasteiger partial charge on any atom is -0.497 e. The van der Waals surface area contributed by atoms with Crippen molar-refractivity contribution in [2.45, 2.75) is 38.8 Å². The van der Waals surface area contributed by atoms with Crippen LogP contribution in [-0.2, 0) is 9.47 Å². The molecule has 0 N–H and O–H groups in total. The number of methoxy groups -OCH3 is 1. The van der Waals surface area contributed by atoms with Crippen LogP contribution in [0.2, 0.25) is 0 Å². The second-order valence-corrected chi connectivity index (χ2v) is 4.23. The third kappa shape index (κ3) is 2.54. The average molecular weight is 222 g/mol. The van der Waals surface area contributed by atoms with Gasteiger partial charge in [-0.3, -0.25) is 0 Å². The van der Waals surface area contributed by atoms with E-state index in [1.54, 1.807) is 7.11 Å². The SMILES string of the molecule is COc1ccc(C2OC(C)CC(C)O2)cc1. The first-order valence-corrected chi connectivity index (χ1v) is 5.64. The monoisotopic (exact) mass is 222 g/mol. The van der Waals surface area contributed by atoms with E-state index in [4.69, 9.17) is 14.2 Å². The van der Waals surface area contributed by atoms with Crippen molar-refractivity contribution in [3.8, 4) is 5.75 Å². The summed E-state index contributed by atoms with van der Waals surface area (Å²) >= 11 is 0. The lowest BCUT2D eigenvalue weighted by molar-refractivity contribution is -0.239. The van der Waals surface area contributed by atoms with Crippen molar-refractivity contribution in [1.82, 2.24) is 0 Å². The van der Waals surface area contributed by atoms with Gasteiger partial charge in [-0.2, -0.15) is 0 Å². The number of ether oxygens (including phenoxy) is 3. The average Bonchev–Trinajstić information content (AvgIpc) is 2.28. The fourth-order valence-corrected chi connectivity index (χ4v) is 1.95. The molecule has 1 aromatic rings. The zero-order valence-electron chi connectivity index (χ0n) is 9.97. The fourth-order valence-electron chi connectivity index (χ4n) is 1.95. The molecule has 0 spiro atoms. The molecule has 16 heavy (non-hydrogen) atoms. The van der Waals surface area contributed by atoms with Crippen molar-refractivity contribution in [3.63, 3.8) is 0 Å². The van der Waals surface area contributed by atoms with E-state index < -0.39 is 0 Å². The van der Waals surface area contributed by atoms with Crippen molar-refractivity contribution < 1.29 is 14.2 Å². The second-order valence-electron chi connectivity index (χ2n) is 4.23. The number of hydrogen-bond acceptors (Lipinski definition) is 3. The lowest BCUT2D eigenvalue weighted by atomic mass is 10.1. The smallest absolute Gasteiger partial charge is 0.184 e. The molecule has 0 bridgehead atoms. The molecule has 2 unspecified atom stereocenters. The maximum atomic E-state index is 5.75. The molecule has 1 aliphatic heterocycles. The van der Waals surface area contributed by atoms with Gasteiger partial charge in [-0.1, -0.05) is 12.1 Å². The van der Waals surface area contributed by atoms with E-state index >= 15 is 0 Å². The first-order chi connectivity index (χ1) is 7.69. The van der Waals surface area contributed by atoms with Gasteiger partial charge >= 0.3 is 0 Å². The molecule has 1 saturated heterocycles. The summed E-state index contributed by atoms with van der Waals surface area (Å²) in [5.41, 5.74) is 1.04. The molecule has 0 radical (unpaired) electrons. The van der Waals surface area contributed by atoms with Gasteiger partial charge in [0, 0.05) is 5.56 Å². The van der Waals surface area contributed by atoms with Crippen molar-refractivity contribution in [2.24, 2.45) is 0 Å². The van der Waals surface area contributed by atoms with Crippen LogP contribution in [0.25, 0.3) is 0 Å². The summed E-state index contributed by atoms with van der Waals surface area (Å²) in [4.78, 5) is 0. The molecule has 3 nitrogen and oxygen atoms in total. The fraction of sp³-hybridized carbons (Fsp3) is 0.538. The van der Waals surface area contributed by atoms with Gasteiger partial charge in [0.15, 0.2) is 6.29 Å². The third-order valence-corrected chi connectivity index (χ3v) is 2.76. The number of benzene rings is 1. The maximum Gasteiger partial charge on any atom is 0.184 e. The minimum atomic E-state index is -0.246. The summed E-state index contributed by atoms with van der Waals surface area (Å²) in [5.74, 6) is 0.848. The van der Waals surface area contributed by atoms with E-state index in [-0.39, 0.29) is 18.5 Å². The van der Waals surface area contributed by atoms with Gasteiger partial charge in [0.2, 0.25) is 0 Å². The second kappa shape index (κ2) is 4.85. The number of hydrogen-bond donors (Lipinski definition) is 0. The lowest BCUT2D eigenvalue weighted by Crippen LogP contribution is -2.30. The van der Waals surface area contributed by atoms with Gasteiger partial charge in [-0.05, 0) is 32.4 Å². The van der Waals surface area contributed by atoms with Gasteiger partial charge in [0.25, 0.3) is 0 Å². The van der Waals surface area contributed by atoms with Crippen LogP contribution in [0.15, 0.2) is 24.3 Å². The molecule has 2 rings (SSSR count). The van der Waals surface area contributed by atoms with E-state index in [9.17, 15) is 0 Å². The molecular formula is C13H18O3. The Morgan fingerprint density at radius 3 is 2.12 bits per heavy atom. The Morgan fingerprint density at radius 2 is 1.62 bits per heavy atom. The Hall–Kier alpha value is -1.06. The predicted octanol–water partition coefficient (Wildman–Crippen LogP) is 2.91. The molecule has 3 heteroatoms. The van der Waals surface area contributed by atoms with Gasteiger partial charge in [-0.25, -0.2) is 0 Å². The van der Waals surface area contributed by atoms with Crippen LogP contribution in [-0.4, -0.2) is 19.3 Å². The van der Waals surface area contributed by atoms with Crippen molar-refractivity contribution in [1.29, 1.82) is 0 Å². The van der Waals surface area contributed by atoms with Crippen molar-refractivity contribution in [2.75, 3.05) is 7.11 Å². The Morgan fingerprint density at radius 1 is 1.06 bits per heavy atom. The van der Waals surface area contributed by atoms with Crippen molar-refractivity contribution in [3.05, 3.63) is 29.8 Å². The standard InChI is InChI=1S/C13H18O3/c1-9-8-10(2)16-13(15-9)11-4-6-12(14-3)7-5-11/h4-7,9-10,13H,8H2,1-3H3. The highest BCUT2D eigenvalue weighted by atomic mass is 16.7. The number of rotatable bonds is 2. The van der Waals surface area contributed by atoms with Crippen LogP contribution in [0.1, 0.15) is 32.1 Å². The van der Waals surface area contributed by atoms with Crippen LogP contribution >= 0.6 is 0 Å². The van der Waals surface area contributed by atoms with Gasteiger partial charge < -0.3 is 14.2 Å². The Balaban J connectivity index is 2.10. The summed E-state index contributed by atoms with van der Waals surface area (Å²) in [5, 5.41) is 0. The van der Waals surface area contributed by atoms with Crippen LogP contribution in [0.4, 0.5) is 0 Å². The molecule has 0 aliphatic carbocycles. The van der Waals surface area contributed by atoms with Gasteiger partial charge in [-0.15, -0.1) is 0 Å². The first-order valence-electron chi connectivity index (χ1n) is 5.64. The maximum absolute atomic E-state index is 5.75. The quantitative estimate of drug-likeness (QED) is 0.770. The summed E-state index contributed by atoms with van der Waals surface area (Å²) in [6, 6.07) is 7.81. The summed E-state index contributed by atoms with van der Waals surface area (Å²) in [6.45, 7) is 4.16. The molecule has 0 amide bonds. The van der Waals surface area contributed by atoms with E-state index in [1.165, 1.54) is 0 Å². The molecule has 88 valence electrons. The van der Waals surface area contributed by atoms with Gasteiger partial charge in [0.1, 0.15) is 5.75 Å². The Labute approximate surface area is 96.3 Å². The molecule has 0 aromatic heterocycles. The summed E-state index contributed by atoms with van der Waals surface area (Å²) in [6.07, 6.45) is 1.20. The third-order valence-electron chi connectivity index (χ3n) is 2.76. The minimum absolute atomic E-state index is 0.246. The normalized spacial score (nSPS) is 30.1. The van der Waals surface area contributed by atoms with Crippen LogP contribution in [0, 0.1) is 0 Å². The highest BCUT2D eigenvalue weighted by Gasteiger charge is 2.25. The summed E-state index contributed by atoms with van der Waals surface area (Å²) < 4.78 is 16.6. The zero-order valence-corrected chi connectivity index (χ0v) is 9.97. The first kappa shape index (κ1) is 11.4. The van der Waals surface area contributed by atoms with Gasteiger partial charge in [0.05, 0.1) is 19.3 Å². The van der Waals surface area contributed by atoms with E-state index in [0.29, 0.717) is 0 Å². The van der Waals surface area contributed by atoms with Crippen LogP contribution < -0.4 is 4.74 Å². The van der Waals surface area contributed by atoms with Crippen LogP contribution in [0.3, 0.4) is 0 Å². The predicted molar refractivity (Wildman–Crippen MR) is 61.4 cm³/mol. The molecule has 1 fully saturated rings. The van der Waals surface area contributed by atoms with E-state index in [0.717, 1.165) is 17.7 Å². The topological polar surface area (TPSA) is 27.7 Å². The lowest BCUT2D eigenvalue weighted by Gasteiger charge is -2.32. The summed E-state index contributed by atoms with van der Waals surface area (Å²) in [7, 11) is 1.66. The highest BCUT2D eigenvalue weighted by Crippen LogP contribution is 2.30. The molecule has 1 heterocycles. The molecule has 1 aliphatic rings. The molecule has 0 saturated carbocycles.